The maximum absolute atomic E-state index is 12.8. The number of carbonyl (C=O) groups is 1. The molecule has 0 atom stereocenters. The summed E-state index contributed by atoms with van der Waals surface area (Å²) in [5.74, 6) is 0.509. The van der Waals surface area contributed by atoms with Crippen LogP contribution in [0.15, 0.2) is 34.9 Å². The molecule has 5 nitrogen and oxygen atoms in total. The fraction of sp³-hybridized carbons (Fsp3) is 0.421. The minimum Gasteiger partial charge on any atom is -0.459 e. The van der Waals surface area contributed by atoms with Crippen LogP contribution in [0.3, 0.4) is 0 Å². The molecule has 2 aromatic heterocycles. The Morgan fingerprint density at radius 3 is 2.68 bits per heavy atom. The van der Waals surface area contributed by atoms with E-state index in [1.165, 1.54) is 0 Å². The first kappa shape index (κ1) is 17.6. The number of fused-ring (bicyclic) bond motifs is 1. The molecular formula is C19H22N2O3S. The molecule has 2 heterocycles. The number of aryl methyl sites for hydroxylation is 1. The van der Waals surface area contributed by atoms with Crippen molar-refractivity contribution in [3.63, 3.8) is 0 Å². The monoisotopic (exact) mass is 358 g/mol. The molecular weight excluding hydrogens is 336 g/mol. The summed E-state index contributed by atoms with van der Waals surface area (Å²) in [5, 5.41) is 4.84. The van der Waals surface area contributed by atoms with Gasteiger partial charge in [0.05, 0.1) is 20.6 Å². The number of aromatic nitrogens is 2. The summed E-state index contributed by atoms with van der Waals surface area (Å²) in [7, 11) is 0. The molecule has 0 radical (unpaired) electrons. The highest BCUT2D eigenvalue weighted by Gasteiger charge is 2.38. The fourth-order valence-electron chi connectivity index (χ4n) is 2.92. The number of esters is 1. The Morgan fingerprint density at radius 2 is 2.04 bits per heavy atom. The second-order valence-electron chi connectivity index (χ2n) is 6.24. The lowest BCUT2D eigenvalue weighted by Crippen LogP contribution is -2.34. The Bertz CT molecular complexity index is 831. The van der Waals surface area contributed by atoms with Crippen molar-refractivity contribution in [3.8, 4) is 0 Å². The van der Waals surface area contributed by atoms with Gasteiger partial charge in [0, 0.05) is 12.5 Å². The van der Waals surface area contributed by atoms with Crippen LogP contribution in [0.5, 0.6) is 0 Å². The Balaban J connectivity index is 1.76. The van der Waals surface area contributed by atoms with E-state index in [1.807, 2.05) is 39.0 Å². The highest BCUT2D eigenvalue weighted by molar-refractivity contribution is 7.18. The fourth-order valence-corrected chi connectivity index (χ4v) is 4.04. The van der Waals surface area contributed by atoms with Crippen LogP contribution in [0, 0.1) is 12.3 Å². The summed E-state index contributed by atoms with van der Waals surface area (Å²) >= 11 is 1.64. The van der Waals surface area contributed by atoms with E-state index in [1.54, 1.807) is 17.4 Å². The van der Waals surface area contributed by atoms with Crippen LogP contribution in [0.4, 0.5) is 0 Å². The zero-order valence-corrected chi connectivity index (χ0v) is 15.6. The van der Waals surface area contributed by atoms with E-state index < -0.39 is 5.41 Å². The van der Waals surface area contributed by atoms with Crippen LogP contribution in [-0.4, -0.2) is 16.1 Å². The minimum atomic E-state index is -0.563. The first-order chi connectivity index (χ1) is 12.1. The van der Waals surface area contributed by atoms with Gasteiger partial charge in [-0.3, -0.25) is 4.79 Å². The minimum absolute atomic E-state index is 0.137. The lowest BCUT2D eigenvalue weighted by molar-refractivity contribution is -0.158. The van der Waals surface area contributed by atoms with Crippen molar-refractivity contribution in [2.45, 2.75) is 46.6 Å². The second kappa shape index (κ2) is 7.35. The maximum Gasteiger partial charge on any atom is 0.312 e. The Kier molecular flexibility index (Phi) is 5.18. The topological polar surface area (TPSA) is 65.2 Å². The largest absolute Gasteiger partial charge is 0.459 e. The van der Waals surface area contributed by atoms with Crippen LogP contribution < -0.4 is 0 Å². The summed E-state index contributed by atoms with van der Waals surface area (Å²) < 4.78 is 11.7. The van der Waals surface area contributed by atoms with Gasteiger partial charge in [-0.05, 0) is 31.9 Å². The van der Waals surface area contributed by atoms with Crippen molar-refractivity contribution in [2.24, 2.45) is 5.41 Å². The SMILES string of the molecule is CCC(CC)(Cc1nc2ccccc2s1)C(=O)OCc1cc(C)on1. The molecule has 0 saturated carbocycles. The van der Waals surface area contributed by atoms with E-state index in [4.69, 9.17) is 9.26 Å². The van der Waals surface area contributed by atoms with Crippen LogP contribution >= 0.6 is 11.3 Å². The summed E-state index contributed by atoms with van der Waals surface area (Å²) in [6.07, 6.45) is 2.00. The van der Waals surface area contributed by atoms with Gasteiger partial charge < -0.3 is 9.26 Å². The Hall–Kier alpha value is -2.21. The van der Waals surface area contributed by atoms with E-state index in [2.05, 4.69) is 16.2 Å². The number of carbonyl (C=O) groups excluding carboxylic acids is 1. The summed E-state index contributed by atoms with van der Waals surface area (Å²) in [6, 6.07) is 9.82. The van der Waals surface area contributed by atoms with Gasteiger partial charge in [0.15, 0.2) is 0 Å². The van der Waals surface area contributed by atoms with Gasteiger partial charge in [-0.25, -0.2) is 4.98 Å². The zero-order valence-electron chi connectivity index (χ0n) is 14.7. The van der Waals surface area contributed by atoms with Crippen LogP contribution in [-0.2, 0) is 22.6 Å². The molecule has 25 heavy (non-hydrogen) atoms. The number of para-hydroxylation sites is 1. The molecule has 0 bridgehead atoms. The molecule has 0 aliphatic rings. The number of hydrogen-bond acceptors (Lipinski definition) is 6. The third-order valence-electron chi connectivity index (χ3n) is 4.64. The second-order valence-corrected chi connectivity index (χ2v) is 7.36. The molecule has 132 valence electrons. The predicted molar refractivity (Wildman–Crippen MR) is 97.4 cm³/mol. The number of rotatable bonds is 7. The number of nitrogens with zero attached hydrogens (tertiary/aromatic N) is 2. The van der Waals surface area contributed by atoms with Crippen molar-refractivity contribution in [1.29, 1.82) is 0 Å². The van der Waals surface area contributed by atoms with E-state index in [0.717, 1.165) is 15.2 Å². The van der Waals surface area contributed by atoms with Gasteiger partial charge >= 0.3 is 5.97 Å². The summed E-state index contributed by atoms with van der Waals surface area (Å²) in [4.78, 5) is 17.5. The number of benzene rings is 1. The lowest BCUT2D eigenvalue weighted by atomic mass is 9.79. The average molecular weight is 358 g/mol. The highest BCUT2D eigenvalue weighted by Crippen LogP contribution is 2.35. The molecule has 1 aromatic carbocycles. The normalized spacial score (nSPS) is 11.8. The van der Waals surface area contributed by atoms with Crippen LogP contribution in [0.25, 0.3) is 10.2 Å². The van der Waals surface area contributed by atoms with Gasteiger partial charge in [-0.1, -0.05) is 31.1 Å². The lowest BCUT2D eigenvalue weighted by Gasteiger charge is -2.28. The third kappa shape index (κ3) is 3.74. The third-order valence-corrected chi connectivity index (χ3v) is 5.68. The van der Waals surface area contributed by atoms with Gasteiger partial charge in [0.2, 0.25) is 0 Å². The number of ether oxygens (including phenoxy) is 1. The summed E-state index contributed by atoms with van der Waals surface area (Å²) in [5.41, 5.74) is 1.05. The van der Waals surface area contributed by atoms with Gasteiger partial charge in [-0.2, -0.15) is 0 Å². The Morgan fingerprint density at radius 1 is 1.28 bits per heavy atom. The number of hydrogen-bond donors (Lipinski definition) is 0. The van der Waals surface area contributed by atoms with Gasteiger partial charge in [0.25, 0.3) is 0 Å². The van der Waals surface area contributed by atoms with Crippen LogP contribution in [0.1, 0.15) is 43.2 Å². The van der Waals surface area contributed by atoms with E-state index >= 15 is 0 Å². The molecule has 3 aromatic rings. The molecule has 0 aliphatic carbocycles. The van der Waals surface area contributed by atoms with Crippen molar-refractivity contribution >= 4 is 27.5 Å². The molecule has 0 fully saturated rings. The molecule has 0 amide bonds. The van der Waals surface area contributed by atoms with Gasteiger partial charge in [0.1, 0.15) is 18.1 Å². The van der Waals surface area contributed by atoms with Gasteiger partial charge in [-0.15, -0.1) is 11.3 Å². The molecule has 6 heteroatoms. The standard InChI is InChI=1S/C19H22N2O3S/c1-4-19(5-2,18(22)23-12-14-10-13(3)24-21-14)11-17-20-15-8-6-7-9-16(15)25-17/h6-10H,4-5,11-12H2,1-3H3. The predicted octanol–water partition coefficient (Wildman–Crippen LogP) is 4.69. The van der Waals surface area contributed by atoms with Crippen molar-refractivity contribution in [2.75, 3.05) is 0 Å². The number of thiazole rings is 1. The molecule has 0 saturated heterocycles. The van der Waals surface area contributed by atoms with Crippen LogP contribution in [0.2, 0.25) is 0 Å². The Labute approximate surface area is 151 Å². The molecule has 3 rings (SSSR count). The average Bonchev–Trinajstić information content (AvgIpc) is 3.22. The molecule has 0 aliphatic heterocycles. The van der Waals surface area contributed by atoms with Crippen molar-refractivity contribution in [1.82, 2.24) is 10.1 Å². The van der Waals surface area contributed by atoms with E-state index in [-0.39, 0.29) is 12.6 Å². The van der Waals surface area contributed by atoms with Crippen molar-refractivity contribution in [3.05, 3.63) is 46.8 Å². The smallest absolute Gasteiger partial charge is 0.312 e. The molecule has 0 N–H and O–H groups in total. The molecule has 0 spiro atoms. The van der Waals surface area contributed by atoms with E-state index in [0.29, 0.717) is 30.7 Å². The summed E-state index contributed by atoms with van der Waals surface area (Å²) in [6.45, 7) is 6.00. The highest BCUT2D eigenvalue weighted by atomic mass is 32.1. The quantitative estimate of drug-likeness (QED) is 0.574. The zero-order chi connectivity index (χ0) is 17.9. The van der Waals surface area contributed by atoms with Crippen molar-refractivity contribution < 1.29 is 14.1 Å². The first-order valence-electron chi connectivity index (χ1n) is 8.50. The maximum atomic E-state index is 12.8. The van der Waals surface area contributed by atoms with E-state index in [9.17, 15) is 4.79 Å². The first-order valence-corrected chi connectivity index (χ1v) is 9.32. The molecule has 0 unspecified atom stereocenters.